The van der Waals surface area contributed by atoms with Gasteiger partial charge in [-0.25, -0.2) is 0 Å². The maximum Gasteiger partial charge on any atom is 0.146 e. The third-order valence-electron chi connectivity index (χ3n) is 6.63. The maximum absolute atomic E-state index is 12.3. The van der Waals surface area contributed by atoms with E-state index in [9.17, 15) is 14.4 Å². The largest absolute Gasteiger partial charge is 0.303 e. The molecule has 0 unspecified atom stereocenters. The summed E-state index contributed by atoms with van der Waals surface area (Å²) in [5.74, 6) is 1.19. The van der Waals surface area contributed by atoms with Crippen molar-refractivity contribution in [2.24, 2.45) is 28.6 Å². The minimum atomic E-state index is -0.259. The highest BCUT2D eigenvalue weighted by Gasteiger charge is 2.56. The third kappa shape index (κ3) is 3.34. The molecule has 0 spiro atoms. The van der Waals surface area contributed by atoms with Crippen molar-refractivity contribution in [1.82, 2.24) is 0 Å². The van der Waals surface area contributed by atoms with Gasteiger partial charge in [0.1, 0.15) is 18.9 Å². The molecule has 0 amide bonds. The lowest BCUT2D eigenvalue weighted by Crippen LogP contribution is -2.53. The number of rotatable bonds is 6. The van der Waals surface area contributed by atoms with E-state index in [1.807, 2.05) is 6.08 Å². The number of carbonyl (C=O) groups excluding carboxylic acids is 3. The molecule has 2 saturated carbocycles. The summed E-state index contributed by atoms with van der Waals surface area (Å²) in [5, 5.41) is 0. The van der Waals surface area contributed by atoms with Crippen molar-refractivity contribution >= 4 is 18.9 Å². The Bertz CT molecular complexity index is 491. The van der Waals surface area contributed by atoms with Crippen LogP contribution < -0.4 is 0 Å². The van der Waals surface area contributed by atoms with Crippen LogP contribution >= 0.6 is 0 Å². The van der Waals surface area contributed by atoms with Crippen molar-refractivity contribution in [2.75, 3.05) is 0 Å². The average molecular weight is 318 g/mol. The van der Waals surface area contributed by atoms with Crippen LogP contribution in [0.25, 0.3) is 0 Å². The van der Waals surface area contributed by atoms with Gasteiger partial charge >= 0.3 is 0 Å². The summed E-state index contributed by atoms with van der Waals surface area (Å²) in [7, 11) is 0. The Morgan fingerprint density at radius 3 is 2.48 bits per heavy atom. The first kappa shape index (κ1) is 18.1. The predicted octanol–water partition coefficient (Wildman–Crippen LogP) is 4.15. The fraction of sp³-hybridized carbons (Fsp3) is 0.750. The Kier molecular flexibility index (Phi) is 5.59. The summed E-state index contributed by atoms with van der Waals surface area (Å²) in [4.78, 5) is 34.0. The SMILES string of the molecule is C[C@H]1CC[C@H]2C(C)(C)CCC[C@]2(C=O)[C@H]1C/C=C(/C=O)CC=O. The van der Waals surface area contributed by atoms with Gasteiger partial charge in [-0.15, -0.1) is 0 Å². The van der Waals surface area contributed by atoms with E-state index in [0.29, 0.717) is 17.4 Å². The Labute approximate surface area is 139 Å². The van der Waals surface area contributed by atoms with Crippen molar-refractivity contribution < 1.29 is 14.4 Å². The first-order valence-corrected chi connectivity index (χ1v) is 8.95. The molecular formula is C20H30O3. The molecule has 0 aliphatic heterocycles. The molecule has 0 aromatic carbocycles. The van der Waals surface area contributed by atoms with Crippen LogP contribution in [0, 0.1) is 28.6 Å². The summed E-state index contributed by atoms with van der Waals surface area (Å²) in [6.07, 6.45) is 11.1. The van der Waals surface area contributed by atoms with Crippen LogP contribution in [-0.4, -0.2) is 18.9 Å². The van der Waals surface area contributed by atoms with E-state index in [-0.39, 0.29) is 23.2 Å². The molecule has 0 aromatic rings. The zero-order chi connectivity index (χ0) is 17.1. The van der Waals surface area contributed by atoms with E-state index in [1.54, 1.807) is 0 Å². The molecule has 0 saturated heterocycles. The minimum absolute atomic E-state index is 0.174. The van der Waals surface area contributed by atoms with Gasteiger partial charge in [0.05, 0.1) is 0 Å². The van der Waals surface area contributed by atoms with Crippen LogP contribution in [0.2, 0.25) is 0 Å². The molecule has 2 aliphatic carbocycles. The molecule has 0 aromatic heterocycles. The maximum atomic E-state index is 12.3. The van der Waals surface area contributed by atoms with E-state index in [1.165, 1.54) is 12.7 Å². The first-order valence-electron chi connectivity index (χ1n) is 8.95. The summed E-state index contributed by atoms with van der Waals surface area (Å²) >= 11 is 0. The molecule has 2 fully saturated rings. The Morgan fingerprint density at radius 1 is 1.13 bits per heavy atom. The number of hydrogen-bond acceptors (Lipinski definition) is 3. The summed E-state index contributed by atoms with van der Waals surface area (Å²) in [6, 6.07) is 0. The number of hydrogen-bond donors (Lipinski definition) is 0. The third-order valence-corrected chi connectivity index (χ3v) is 6.63. The highest BCUT2D eigenvalue weighted by atomic mass is 16.1. The van der Waals surface area contributed by atoms with Crippen LogP contribution in [0.1, 0.15) is 65.7 Å². The highest BCUT2D eigenvalue weighted by Crippen LogP contribution is 2.61. The van der Waals surface area contributed by atoms with Gasteiger partial charge in [-0.2, -0.15) is 0 Å². The summed E-state index contributed by atoms with van der Waals surface area (Å²) in [6.45, 7) is 6.85. The molecule has 2 aliphatic rings. The van der Waals surface area contributed by atoms with Gasteiger partial charge in [0.15, 0.2) is 0 Å². The Hall–Kier alpha value is -1.25. The molecule has 23 heavy (non-hydrogen) atoms. The molecule has 2 rings (SSSR count). The second-order valence-electron chi connectivity index (χ2n) is 8.29. The molecule has 0 radical (unpaired) electrons. The van der Waals surface area contributed by atoms with Crippen LogP contribution in [0.15, 0.2) is 11.6 Å². The Morgan fingerprint density at radius 2 is 1.87 bits per heavy atom. The van der Waals surface area contributed by atoms with E-state index in [2.05, 4.69) is 20.8 Å². The van der Waals surface area contributed by atoms with Crippen molar-refractivity contribution in [3.8, 4) is 0 Å². The van der Waals surface area contributed by atoms with Gasteiger partial charge < -0.3 is 9.59 Å². The van der Waals surface area contributed by atoms with Crippen LogP contribution in [0.3, 0.4) is 0 Å². The molecule has 0 N–H and O–H groups in total. The van der Waals surface area contributed by atoms with Crippen molar-refractivity contribution in [3.05, 3.63) is 11.6 Å². The quantitative estimate of drug-likeness (QED) is 0.546. The lowest BCUT2D eigenvalue weighted by molar-refractivity contribution is -0.144. The number of fused-ring (bicyclic) bond motifs is 1. The highest BCUT2D eigenvalue weighted by molar-refractivity contribution is 5.78. The second kappa shape index (κ2) is 7.11. The van der Waals surface area contributed by atoms with Crippen molar-refractivity contribution in [3.63, 3.8) is 0 Å². The minimum Gasteiger partial charge on any atom is -0.303 e. The zero-order valence-corrected chi connectivity index (χ0v) is 14.7. The van der Waals surface area contributed by atoms with E-state index in [0.717, 1.165) is 44.7 Å². The van der Waals surface area contributed by atoms with Gasteiger partial charge in [-0.05, 0) is 54.4 Å². The molecule has 128 valence electrons. The van der Waals surface area contributed by atoms with E-state index < -0.39 is 0 Å². The van der Waals surface area contributed by atoms with Gasteiger partial charge in [-0.1, -0.05) is 39.7 Å². The molecule has 3 heteroatoms. The smallest absolute Gasteiger partial charge is 0.146 e. The molecular weight excluding hydrogens is 288 g/mol. The van der Waals surface area contributed by atoms with E-state index >= 15 is 0 Å². The van der Waals surface area contributed by atoms with Crippen molar-refractivity contribution in [1.29, 1.82) is 0 Å². The van der Waals surface area contributed by atoms with E-state index in [4.69, 9.17) is 0 Å². The van der Waals surface area contributed by atoms with Crippen LogP contribution in [0.4, 0.5) is 0 Å². The lowest BCUT2D eigenvalue weighted by Gasteiger charge is -2.57. The predicted molar refractivity (Wildman–Crippen MR) is 91.0 cm³/mol. The average Bonchev–Trinajstić information content (AvgIpc) is 2.52. The number of aldehydes is 3. The topological polar surface area (TPSA) is 51.2 Å². The van der Waals surface area contributed by atoms with Crippen LogP contribution in [-0.2, 0) is 14.4 Å². The number of carbonyl (C=O) groups is 3. The molecule has 0 heterocycles. The van der Waals surface area contributed by atoms with Gasteiger partial charge in [0, 0.05) is 11.8 Å². The number of allylic oxidation sites excluding steroid dienone is 2. The molecule has 4 atom stereocenters. The van der Waals surface area contributed by atoms with Gasteiger partial charge in [-0.3, -0.25) is 4.79 Å². The fourth-order valence-electron chi connectivity index (χ4n) is 5.42. The molecule has 0 bridgehead atoms. The normalized spacial score (nSPS) is 36.8. The standard InChI is InChI=1S/C20H30O3/c1-15-5-8-18-19(2,3)10-4-11-20(18,14-23)17(15)7-6-16(13-22)9-12-21/h6,12-15,17-18H,4-5,7-11H2,1-3H3/b16-6+/t15-,17-,18-,20-/m0/s1. The monoisotopic (exact) mass is 318 g/mol. The zero-order valence-electron chi connectivity index (χ0n) is 14.7. The Balaban J connectivity index is 2.32. The van der Waals surface area contributed by atoms with Gasteiger partial charge in [0.2, 0.25) is 0 Å². The van der Waals surface area contributed by atoms with Crippen molar-refractivity contribution in [2.45, 2.75) is 65.7 Å². The van der Waals surface area contributed by atoms with Gasteiger partial charge in [0.25, 0.3) is 0 Å². The lowest BCUT2D eigenvalue weighted by atomic mass is 9.46. The fourth-order valence-corrected chi connectivity index (χ4v) is 5.42. The first-order chi connectivity index (χ1) is 10.9. The summed E-state index contributed by atoms with van der Waals surface area (Å²) < 4.78 is 0. The van der Waals surface area contributed by atoms with Crippen LogP contribution in [0.5, 0.6) is 0 Å². The second-order valence-corrected chi connectivity index (χ2v) is 8.29. The summed E-state index contributed by atoms with van der Waals surface area (Å²) in [5.41, 5.74) is 0.494. The molecule has 3 nitrogen and oxygen atoms in total.